The molecule has 8 aromatic rings. The Morgan fingerprint density at radius 3 is 1.39 bits per heavy atom. The normalized spacial score (nSPS) is 16.1. The summed E-state index contributed by atoms with van der Waals surface area (Å²) in [5.74, 6) is 0. The van der Waals surface area contributed by atoms with Crippen LogP contribution in [0, 0.1) is 0 Å². The van der Waals surface area contributed by atoms with Crippen molar-refractivity contribution in [2.75, 3.05) is 9.80 Å². The van der Waals surface area contributed by atoms with Crippen molar-refractivity contribution < 1.29 is 4.42 Å². The van der Waals surface area contributed by atoms with Gasteiger partial charge < -0.3 is 14.2 Å². The van der Waals surface area contributed by atoms with Gasteiger partial charge in [0.15, 0.2) is 0 Å². The van der Waals surface area contributed by atoms with E-state index in [-0.39, 0.29) is 16.3 Å². The summed E-state index contributed by atoms with van der Waals surface area (Å²) >= 11 is 0. The van der Waals surface area contributed by atoms with Gasteiger partial charge in [0, 0.05) is 33.6 Å². The van der Waals surface area contributed by atoms with Gasteiger partial charge in [0.05, 0.1) is 22.1 Å². The number of benzene rings is 7. The maximum Gasteiger partial charge on any atom is 0.200 e. The third kappa shape index (κ3) is 5.39. The maximum absolute atomic E-state index is 13.9. The highest BCUT2D eigenvalue weighted by Gasteiger charge is 2.38. The van der Waals surface area contributed by atoms with Gasteiger partial charge >= 0.3 is 0 Å². The predicted molar refractivity (Wildman–Crippen MR) is 245 cm³/mol. The highest BCUT2D eigenvalue weighted by atomic mass is 16.3. The number of fused-ring (bicyclic) bond motifs is 6. The van der Waals surface area contributed by atoms with Crippen LogP contribution in [0.1, 0.15) is 68.4 Å². The Balaban J connectivity index is 0.920. The molecule has 7 aromatic carbocycles. The maximum atomic E-state index is 13.9. The minimum absolute atomic E-state index is 0.00906. The van der Waals surface area contributed by atoms with E-state index in [0.717, 1.165) is 35.2 Å². The van der Waals surface area contributed by atoms with E-state index >= 15 is 0 Å². The van der Waals surface area contributed by atoms with Crippen molar-refractivity contribution in [3.63, 3.8) is 0 Å². The van der Waals surface area contributed by atoms with Crippen LogP contribution in [0.25, 0.3) is 38.6 Å². The van der Waals surface area contributed by atoms with E-state index in [0.29, 0.717) is 21.9 Å². The molecule has 59 heavy (non-hydrogen) atoms. The molecule has 0 amide bonds. The zero-order chi connectivity index (χ0) is 40.0. The van der Waals surface area contributed by atoms with E-state index in [1.807, 2.05) is 30.3 Å². The Bertz CT molecular complexity index is 3050. The van der Waals surface area contributed by atoms with Crippen LogP contribution < -0.4 is 15.2 Å². The first-order valence-corrected chi connectivity index (χ1v) is 20.7. The Morgan fingerprint density at radius 2 is 0.898 bits per heavy atom. The quantitative estimate of drug-likeness (QED) is 0.167. The summed E-state index contributed by atoms with van der Waals surface area (Å²) in [7, 11) is 0. The van der Waals surface area contributed by atoms with Crippen molar-refractivity contribution in [3.05, 3.63) is 214 Å². The van der Waals surface area contributed by atoms with Crippen LogP contribution in [0.15, 0.2) is 185 Å². The van der Waals surface area contributed by atoms with Crippen LogP contribution in [0.5, 0.6) is 0 Å². The lowest BCUT2D eigenvalue weighted by Crippen LogP contribution is -2.32. The Hall–Kier alpha value is -6.91. The number of allylic oxidation sites excluding steroid dienone is 4. The van der Waals surface area contributed by atoms with E-state index in [2.05, 4.69) is 177 Å². The highest BCUT2D eigenvalue weighted by Crippen LogP contribution is 2.53. The van der Waals surface area contributed by atoms with Crippen LogP contribution in [0.4, 0.5) is 28.4 Å². The molecule has 1 aliphatic carbocycles. The lowest BCUT2D eigenvalue weighted by atomic mass is 9.73. The molecule has 0 N–H and O–H groups in total. The molecule has 0 fully saturated rings. The topological polar surface area (TPSA) is 36.7 Å². The summed E-state index contributed by atoms with van der Waals surface area (Å²) in [6, 6.07) is 55.7. The minimum atomic E-state index is -0.108. The SMILES string of the molecule is CC1(C)c2ccccc2N(C2=CC=C(c3ccc4c(=O)c5ccc(-c6ccc(N7c8ccccc8C(C)(C)c8ccccc87)cc6)cc5oc4c3)CC2)c2ccccc21. The van der Waals surface area contributed by atoms with E-state index in [9.17, 15) is 4.79 Å². The van der Waals surface area contributed by atoms with Crippen LogP contribution in [-0.4, -0.2) is 0 Å². The molecule has 3 heterocycles. The fraction of sp³-hybridized carbons (Fsp3) is 0.145. The molecule has 0 unspecified atom stereocenters. The van der Waals surface area contributed by atoms with E-state index in [4.69, 9.17) is 4.42 Å². The van der Waals surface area contributed by atoms with Crippen molar-refractivity contribution in [1.29, 1.82) is 0 Å². The predicted octanol–water partition coefficient (Wildman–Crippen LogP) is 14.3. The second kappa shape index (κ2) is 13.1. The van der Waals surface area contributed by atoms with Crippen LogP contribution >= 0.6 is 0 Å². The third-order valence-electron chi connectivity index (χ3n) is 13.2. The molecule has 2 aliphatic heterocycles. The number of rotatable bonds is 4. The summed E-state index contributed by atoms with van der Waals surface area (Å²) in [5, 5.41) is 1.19. The molecular weight excluding hydrogens is 721 g/mol. The fourth-order valence-electron chi connectivity index (χ4n) is 10.0. The van der Waals surface area contributed by atoms with Crippen molar-refractivity contribution in [2.24, 2.45) is 0 Å². The standard InChI is InChI=1S/C55H44N2O2/c1-54(2)43-13-5-9-17-47(43)56(48-18-10-6-14-44(48)54)39-27-21-35(22-28-39)37-25-31-41-51(33-37)59-52-34-38(26-32-42(52)53(41)58)36-23-29-40(30-24-36)57-49-19-11-7-15-45(49)55(3,4)46-16-8-12-20-50(46)57/h5-23,25-29,31-34H,24,30H2,1-4H3. The lowest BCUT2D eigenvalue weighted by Gasteiger charge is -2.43. The molecule has 4 heteroatoms. The first-order valence-electron chi connectivity index (χ1n) is 20.7. The lowest BCUT2D eigenvalue weighted by molar-refractivity contribution is 0.628. The molecule has 0 atom stereocenters. The monoisotopic (exact) mass is 764 g/mol. The molecule has 0 spiro atoms. The third-order valence-corrected chi connectivity index (χ3v) is 13.2. The van der Waals surface area contributed by atoms with E-state index in [1.54, 1.807) is 0 Å². The smallest absolute Gasteiger partial charge is 0.200 e. The Kier molecular flexibility index (Phi) is 7.80. The minimum Gasteiger partial charge on any atom is -0.456 e. The molecule has 4 nitrogen and oxygen atoms in total. The van der Waals surface area contributed by atoms with Gasteiger partial charge in [0.1, 0.15) is 11.2 Å². The van der Waals surface area contributed by atoms with Crippen molar-refractivity contribution in [1.82, 2.24) is 0 Å². The molecule has 0 saturated heterocycles. The van der Waals surface area contributed by atoms with Gasteiger partial charge in [-0.15, -0.1) is 0 Å². The average molecular weight is 765 g/mol. The summed E-state index contributed by atoms with van der Waals surface area (Å²) in [6.45, 7) is 9.26. The number of hydrogen-bond acceptors (Lipinski definition) is 4. The van der Waals surface area contributed by atoms with Crippen LogP contribution in [0.3, 0.4) is 0 Å². The van der Waals surface area contributed by atoms with Crippen LogP contribution in [0.2, 0.25) is 0 Å². The van der Waals surface area contributed by atoms with Gasteiger partial charge in [-0.2, -0.15) is 0 Å². The average Bonchev–Trinajstić information content (AvgIpc) is 3.27. The molecule has 3 aliphatic rings. The second-order valence-electron chi connectivity index (χ2n) is 17.2. The number of para-hydroxylation sites is 4. The fourth-order valence-corrected chi connectivity index (χ4v) is 10.0. The number of nitrogens with zero attached hydrogens (tertiary/aromatic N) is 2. The Labute approximate surface area is 345 Å². The first kappa shape index (κ1) is 35.3. The van der Waals surface area contributed by atoms with Gasteiger partial charge in [0.2, 0.25) is 5.43 Å². The van der Waals surface area contributed by atoms with E-state index in [1.165, 1.54) is 56.3 Å². The summed E-state index contributed by atoms with van der Waals surface area (Å²) in [5.41, 5.74) is 17.9. The molecule has 286 valence electrons. The van der Waals surface area contributed by atoms with Crippen molar-refractivity contribution in [3.8, 4) is 11.1 Å². The molecule has 0 radical (unpaired) electrons. The molecule has 1 aromatic heterocycles. The molecule has 0 saturated carbocycles. The Morgan fingerprint density at radius 1 is 0.458 bits per heavy atom. The van der Waals surface area contributed by atoms with Gasteiger partial charge in [-0.25, -0.2) is 0 Å². The van der Waals surface area contributed by atoms with Gasteiger partial charge in [-0.05, 0) is 124 Å². The zero-order valence-corrected chi connectivity index (χ0v) is 33.8. The second-order valence-corrected chi connectivity index (χ2v) is 17.2. The summed E-state index contributed by atoms with van der Waals surface area (Å²) < 4.78 is 6.59. The summed E-state index contributed by atoms with van der Waals surface area (Å²) in [4.78, 5) is 18.7. The van der Waals surface area contributed by atoms with Gasteiger partial charge in [0.25, 0.3) is 0 Å². The van der Waals surface area contributed by atoms with Crippen molar-refractivity contribution in [2.45, 2.75) is 51.4 Å². The first-order chi connectivity index (χ1) is 28.7. The van der Waals surface area contributed by atoms with Gasteiger partial charge in [-0.3, -0.25) is 4.79 Å². The van der Waals surface area contributed by atoms with E-state index < -0.39 is 0 Å². The molecule has 11 rings (SSSR count). The van der Waals surface area contributed by atoms with Crippen LogP contribution in [-0.2, 0) is 10.8 Å². The van der Waals surface area contributed by atoms with Crippen molar-refractivity contribution >= 4 is 55.9 Å². The molecular formula is C55H44N2O2. The number of hydrogen-bond donors (Lipinski definition) is 0. The number of anilines is 5. The molecule has 0 bridgehead atoms. The van der Waals surface area contributed by atoms with Gasteiger partial charge in [-0.1, -0.05) is 131 Å². The summed E-state index contributed by atoms with van der Waals surface area (Å²) in [6.07, 6.45) is 6.29. The highest BCUT2D eigenvalue weighted by molar-refractivity contribution is 5.94. The zero-order valence-electron chi connectivity index (χ0n) is 33.8. The largest absolute Gasteiger partial charge is 0.456 e.